The van der Waals surface area contributed by atoms with Crippen LogP contribution in [0.25, 0.3) is 11.1 Å². The first-order valence-corrected chi connectivity index (χ1v) is 11.4. The summed E-state index contributed by atoms with van der Waals surface area (Å²) in [6.45, 7) is 4.25. The van der Waals surface area contributed by atoms with Crippen molar-refractivity contribution < 1.29 is 40.6 Å². The molecule has 3 nitrogen and oxygen atoms in total. The summed E-state index contributed by atoms with van der Waals surface area (Å²) in [4.78, 5) is 0. The third-order valence-electron chi connectivity index (χ3n) is 6.32. The molecule has 0 saturated carbocycles. The van der Waals surface area contributed by atoms with Crippen LogP contribution in [0, 0.1) is 17.6 Å². The lowest BCUT2D eigenvalue weighted by Gasteiger charge is -2.36. The maximum absolute atomic E-state index is 15.3. The first-order valence-electron chi connectivity index (χ1n) is 11.4. The van der Waals surface area contributed by atoms with Crippen molar-refractivity contribution in [2.75, 3.05) is 19.8 Å². The number of ether oxygens (including phenoxy) is 3. The minimum absolute atomic E-state index is 0.0391. The molecule has 0 unspecified atom stereocenters. The highest BCUT2D eigenvalue weighted by Crippen LogP contribution is 2.60. The molecule has 2 aromatic rings. The highest BCUT2D eigenvalue weighted by molar-refractivity contribution is 5.77. The van der Waals surface area contributed by atoms with Crippen LogP contribution in [-0.4, -0.2) is 26.1 Å². The molecule has 2 aliphatic rings. The molecule has 0 atom stereocenters. The number of aryl methyl sites for hydroxylation is 1. The van der Waals surface area contributed by atoms with Gasteiger partial charge in [0.15, 0.2) is 17.9 Å². The first-order chi connectivity index (χ1) is 16.1. The topological polar surface area (TPSA) is 27.7 Å². The van der Waals surface area contributed by atoms with E-state index in [9.17, 15) is 13.2 Å². The highest BCUT2D eigenvalue weighted by Gasteiger charge is 2.65. The molecular formula is C25H26F6O3. The van der Waals surface area contributed by atoms with E-state index in [1.54, 1.807) is 0 Å². The lowest BCUT2D eigenvalue weighted by atomic mass is 9.78. The minimum Gasteiger partial charge on any atom is -0.491 e. The quantitative estimate of drug-likeness (QED) is 0.395. The van der Waals surface area contributed by atoms with E-state index in [-0.39, 0.29) is 30.8 Å². The van der Waals surface area contributed by atoms with Crippen LogP contribution in [0.15, 0.2) is 24.3 Å². The van der Waals surface area contributed by atoms with Gasteiger partial charge in [0, 0.05) is 5.92 Å². The number of hydrogen-bond donors (Lipinski definition) is 0. The molecule has 0 N–H and O–H groups in total. The molecular weight excluding hydrogens is 462 g/mol. The van der Waals surface area contributed by atoms with E-state index in [0.717, 1.165) is 31.0 Å². The van der Waals surface area contributed by atoms with Crippen LogP contribution in [-0.2, 0) is 27.7 Å². The summed E-state index contributed by atoms with van der Waals surface area (Å²) in [7, 11) is 0. The van der Waals surface area contributed by atoms with Crippen LogP contribution in [0.4, 0.5) is 26.3 Å². The molecule has 0 spiro atoms. The van der Waals surface area contributed by atoms with Crippen LogP contribution in [0.1, 0.15) is 49.8 Å². The SMILES string of the molecule is CCCC1OCC(CCc2ccc3c(c2F)C(F)(F)C(F)(F)c2c-3ccc(OCC)c2F)CO1. The predicted molar refractivity (Wildman–Crippen MR) is 113 cm³/mol. The van der Waals surface area contributed by atoms with E-state index < -0.39 is 51.5 Å². The Hall–Kier alpha value is -2.26. The van der Waals surface area contributed by atoms with Crippen molar-refractivity contribution in [3.63, 3.8) is 0 Å². The minimum atomic E-state index is -4.97. The Morgan fingerprint density at radius 3 is 2.03 bits per heavy atom. The molecule has 1 aliphatic carbocycles. The van der Waals surface area contributed by atoms with Crippen molar-refractivity contribution in [2.45, 2.75) is 57.7 Å². The van der Waals surface area contributed by atoms with Crippen molar-refractivity contribution in [3.05, 3.63) is 52.6 Å². The van der Waals surface area contributed by atoms with Gasteiger partial charge in [-0.2, -0.15) is 17.6 Å². The van der Waals surface area contributed by atoms with Gasteiger partial charge in [-0.1, -0.05) is 25.5 Å². The molecule has 0 aromatic heterocycles. The zero-order valence-electron chi connectivity index (χ0n) is 18.9. The van der Waals surface area contributed by atoms with Gasteiger partial charge in [-0.05, 0) is 55.0 Å². The summed E-state index contributed by atoms with van der Waals surface area (Å²) in [6, 6.07) is 4.59. The standard InChI is InChI=1S/C25H26F6O3/c1-3-5-19-33-12-14(13-34-19)6-7-15-8-9-16-17-10-11-18(32-4-2)23(27)21(17)25(30,31)24(28,29)20(16)22(15)26/h8-11,14,19H,3-7,12-13H2,1-2H3. The van der Waals surface area contributed by atoms with Gasteiger partial charge in [0.05, 0.1) is 30.9 Å². The average molecular weight is 488 g/mol. The van der Waals surface area contributed by atoms with Crippen LogP contribution >= 0.6 is 0 Å². The van der Waals surface area contributed by atoms with Crippen molar-refractivity contribution >= 4 is 0 Å². The summed E-state index contributed by atoms with van der Waals surface area (Å²) in [5.41, 5.74) is -3.94. The van der Waals surface area contributed by atoms with Crippen molar-refractivity contribution in [1.82, 2.24) is 0 Å². The second kappa shape index (κ2) is 9.41. The van der Waals surface area contributed by atoms with Gasteiger partial charge in [-0.25, -0.2) is 8.78 Å². The zero-order chi connectivity index (χ0) is 24.7. The Balaban J connectivity index is 1.66. The van der Waals surface area contributed by atoms with E-state index >= 15 is 13.2 Å². The normalized spacial score (nSPS) is 22.7. The summed E-state index contributed by atoms with van der Waals surface area (Å²) >= 11 is 0. The maximum Gasteiger partial charge on any atom is 0.343 e. The molecule has 1 aliphatic heterocycles. The maximum atomic E-state index is 15.3. The molecule has 9 heteroatoms. The first kappa shape index (κ1) is 24.9. The molecule has 2 aromatic carbocycles. The average Bonchev–Trinajstić information content (AvgIpc) is 2.79. The van der Waals surface area contributed by atoms with Gasteiger partial charge >= 0.3 is 11.8 Å². The number of rotatable bonds is 7. The molecule has 34 heavy (non-hydrogen) atoms. The fourth-order valence-electron chi connectivity index (χ4n) is 4.52. The molecule has 0 radical (unpaired) electrons. The third kappa shape index (κ3) is 4.06. The van der Waals surface area contributed by atoms with Crippen molar-refractivity contribution in [1.29, 1.82) is 0 Å². The molecule has 1 saturated heterocycles. The molecule has 1 fully saturated rings. The second-order valence-corrected chi connectivity index (χ2v) is 8.63. The zero-order valence-corrected chi connectivity index (χ0v) is 18.9. The van der Waals surface area contributed by atoms with Crippen LogP contribution < -0.4 is 4.74 Å². The van der Waals surface area contributed by atoms with Gasteiger partial charge in [-0.3, -0.25) is 0 Å². The van der Waals surface area contributed by atoms with E-state index in [0.29, 0.717) is 19.6 Å². The van der Waals surface area contributed by atoms with Crippen LogP contribution in [0.2, 0.25) is 0 Å². The molecule has 4 rings (SSSR count). The highest BCUT2D eigenvalue weighted by atomic mass is 19.3. The van der Waals surface area contributed by atoms with E-state index in [2.05, 4.69) is 0 Å². The monoisotopic (exact) mass is 488 g/mol. The van der Waals surface area contributed by atoms with E-state index in [4.69, 9.17) is 14.2 Å². The Kier molecular flexibility index (Phi) is 6.88. The fourth-order valence-corrected chi connectivity index (χ4v) is 4.52. The van der Waals surface area contributed by atoms with Crippen LogP contribution in [0.5, 0.6) is 5.75 Å². The third-order valence-corrected chi connectivity index (χ3v) is 6.32. The predicted octanol–water partition coefficient (Wildman–Crippen LogP) is 6.95. The Morgan fingerprint density at radius 2 is 1.44 bits per heavy atom. The van der Waals surface area contributed by atoms with E-state index in [1.165, 1.54) is 13.0 Å². The Morgan fingerprint density at radius 1 is 0.853 bits per heavy atom. The number of benzene rings is 2. The summed E-state index contributed by atoms with van der Waals surface area (Å²) in [5, 5.41) is 0. The Bertz CT molecular complexity index is 1050. The van der Waals surface area contributed by atoms with Crippen LogP contribution in [0.3, 0.4) is 0 Å². The van der Waals surface area contributed by atoms with Gasteiger partial charge in [0.2, 0.25) is 0 Å². The number of halogens is 6. The van der Waals surface area contributed by atoms with E-state index in [1.807, 2.05) is 6.92 Å². The van der Waals surface area contributed by atoms with Crippen molar-refractivity contribution in [2.24, 2.45) is 5.92 Å². The van der Waals surface area contributed by atoms with Gasteiger partial charge in [0.25, 0.3) is 0 Å². The number of fused-ring (bicyclic) bond motifs is 3. The van der Waals surface area contributed by atoms with Gasteiger partial charge < -0.3 is 14.2 Å². The van der Waals surface area contributed by atoms with Gasteiger partial charge in [0.1, 0.15) is 5.82 Å². The lowest BCUT2D eigenvalue weighted by Crippen LogP contribution is -2.41. The van der Waals surface area contributed by atoms with Gasteiger partial charge in [-0.15, -0.1) is 0 Å². The Labute approximate surface area is 194 Å². The molecule has 0 amide bonds. The smallest absolute Gasteiger partial charge is 0.343 e. The second-order valence-electron chi connectivity index (χ2n) is 8.63. The summed E-state index contributed by atoms with van der Waals surface area (Å²) in [5.74, 6) is -13.5. The molecule has 0 bridgehead atoms. The largest absolute Gasteiger partial charge is 0.491 e. The fraction of sp³-hybridized carbons (Fsp3) is 0.520. The number of alkyl halides is 4. The molecule has 1 heterocycles. The van der Waals surface area contributed by atoms with Crippen molar-refractivity contribution in [3.8, 4) is 16.9 Å². The molecule has 186 valence electrons. The number of hydrogen-bond acceptors (Lipinski definition) is 3. The lowest BCUT2D eigenvalue weighted by molar-refractivity contribution is -0.228. The summed E-state index contributed by atoms with van der Waals surface area (Å²) in [6.07, 6.45) is 1.78. The summed E-state index contributed by atoms with van der Waals surface area (Å²) < 4.78 is 106.